The molecule has 0 saturated heterocycles. The normalized spacial score (nSPS) is 16.3. The monoisotopic (exact) mass is 317 g/mol. The van der Waals surface area contributed by atoms with Gasteiger partial charge in [-0.3, -0.25) is 4.40 Å². The molecule has 3 rings (SSSR count). The van der Waals surface area contributed by atoms with Crippen LogP contribution >= 0.6 is 0 Å². The Morgan fingerprint density at radius 3 is 2.87 bits per heavy atom. The van der Waals surface area contributed by atoms with E-state index in [1.807, 2.05) is 43.6 Å². The van der Waals surface area contributed by atoms with E-state index in [0.29, 0.717) is 18.2 Å². The maximum absolute atomic E-state index is 11.7. The summed E-state index contributed by atoms with van der Waals surface area (Å²) in [5.41, 5.74) is 7.26. The van der Waals surface area contributed by atoms with Crippen LogP contribution in [0.15, 0.2) is 18.5 Å². The Kier molecular flexibility index (Phi) is 3.97. The van der Waals surface area contributed by atoms with E-state index >= 15 is 0 Å². The molecule has 0 spiro atoms. The van der Waals surface area contributed by atoms with Crippen LogP contribution in [0.5, 0.6) is 0 Å². The first-order valence-corrected chi connectivity index (χ1v) is 7.89. The van der Waals surface area contributed by atoms with Crippen LogP contribution in [0, 0.1) is 5.92 Å². The number of imidazole rings is 1. The first-order chi connectivity index (χ1) is 10.8. The van der Waals surface area contributed by atoms with E-state index in [9.17, 15) is 4.79 Å². The fourth-order valence-electron chi connectivity index (χ4n) is 2.38. The van der Waals surface area contributed by atoms with Crippen molar-refractivity contribution in [3.8, 4) is 0 Å². The average molecular weight is 317 g/mol. The molecule has 2 heterocycles. The van der Waals surface area contributed by atoms with E-state index in [1.165, 1.54) is 12.8 Å². The Labute approximate surface area is 135 Å². The molecule has 1 unspecified atom stereocenters. The molecule has 1 aliphatic carbocycles. The van der Waals surface area contributed by atoms with Gasteiger partial charge in [0.1, 0.15) is 5.60 Å². The molecule has 1 saturated carbocycles. The predicted octanol–water partition coefficient (Wildman–Crippen LogP) is 2.16. The number of carbonyl (C=O) groups excluding carboxylic acids is 1. The second-order valence-electron chi connectivity index (χ2n) is 7.01. The molecule has 3 N–H and O–H groups in total. The van der Waals surface area contributed by atoms with Gasteiger partial charge in [0.25, 0.3) is 0 Å². The quantitative estimate of drug-likeness (QED) is 0.901. The van der Waals surface area contributed by atoms with Crippen LogP contribution in [0.4, 0.5) is 4.79 Å². The van der Waals surface area contributed by atoms with E-state index in [-0.39, 0.29) is 6.04 Å². The van der Waals surface area contributed by atoms with Crippen molar-refractivity contribution in [2.75, 3.05) is 0 Å². The van der Waals surface area contributed by atoms with Crippen LogP contribution in [-0.2, 0) is 11.3 Å². The van der Waals surface area contributed by atoms with Crippen molar-refractivity contribution in [1.29, 1.82) is 0 Å². The number of amides is 1. The molecular weight excluding hydrogens is 294 g/mol. The van der Waals surface area contributed by atoms with E-state index in [4.69, 9.17) is 10.5 Å². The lowest BCUT2D eigenvalue weighted by atomic mass is 10.1. The molecule has 7 heteroatoms. The van der Waals surface area contributed by atoms with Crippen molar-refractivity contribution in [2.45, 2.75) is 51.8 Å². The van der Waals surface area contributed by atoms with Gasteiger partial charge in [0, 0.05) is 12.4 Å². The van der Waals surface area contributed by atoms with E-state index in [2.05, 4.69) is 15.3 Å². The topological polar surface area (TPSA) is 94.5 Å². The Morgan fingerprint density at radius 1 is 1.48 bits per heavy atom. The van der Waals surface area contributed by atoms with E-state index in [1.54, 1.807) is 0 Å². The Balaban J connectivity index is 1.66. The molecule has 2 aromatic rings. The maximum Gasteiger partial charge on any atom is 0.407 e. The molecule has 124 valence electrons. The molecule has 0 radical (unpaired) electrons. The summed E-state index contributed by atoms with van der Waals surface area (Å²) in [6, 6.07) is 1.92. The third-order valence-electron chi connectivity index (χ3n) is 3.68. The minimum absolute atomic E-state index is 0.0139. The van der Waals surface area contributed by atoms with Crippen molar-refractivity contribution in [3.63, 3.8) is 0 Å². The summed E-state index contributed by atoms with van der Waals surface area (Å²) in [4.78, 5) is 20.6. The first kappa shape index (κ1) is 15.7. The van der Waals surface area contributed by atoms with Crippen LogP contribution < -0.4 is 11.1 Å². The summed E-state index contributed by atoms with van der Waals surface area (Å²) in [5.74, 6) is 1.15. The van der Waals surface area contributed by atoms with Crippen molar-refractivity contribution < 1.29 is 9.53 Å². The molecule has 1 amide bonds. The molecule has 23 heavy (non-hydrogen) atoms. The van der Waals surface area contributed by atoms with Gasteiger partial charge in [-0.1, -0.05) is 0 Å². The van der Waals surface area contributed by atoms with Gasteiger partial charge >= 0.3 is 6.09 Å². The van der Waals surface area contributed by atoms with Crippen molar-refractivity contribution >= 4 is 11.9 Å². The molecule has 1 fully saturated rings. The van der Waals surface area contributed by atoms with Crippen LogP contribution in [0.3, 0.4) is 0 Å². The van der Waals surface area contributed by atoms with E-state index < -0.39 is 11.7 Å². The van der Waals surface area contributed by atoms with Gasteiger partial charge in [-0.15, -0.1) is 0 Å². The lowest BCUT2D eigenvalue weighted by Gasteiger charge is -2.19. The number of nitrogens with two attached hydrogens (primary N) is 1. The third kappa shape index (κ3) is 3.98. The minimum atomic E-state index is -0.515. The van der Waals surface area contributed by atoms with Crippen LogP contribution in [-0.4, -0.2) is 26.1 Å². The highest BCUT2D eigenvalue weighted by molar-refractivity contribution is 5.67. The zero-order valence-electron chi connectivity index (χ0n) is 13.7. The highest BCUT2D eigenvalue weighted by Crippen LogP contribution is 2.38. The highest BCUT2D eigenvalue weighted by Gasteiger charge is 2.30. The number of fused-ring (bicyclic) bond motifs is 1. The summed E-state index contributed by atoms with van der Waals surface area (Å²) in [6.07, 6.45) is 5.64. The number of carbonyl (C=O) groups is 1. The predicted molar refractivity (Wildman–Crippen MR) is 85.7 cm³/mol. The largest absolute Gasteiger partial charge is 0.444 e. The number of aromatic nitrogens is 3. The SMILES string of the molecule is CC(C)(C)OC(=O)NCc1cn2ccc(C(N)C3CC3)nc2n1. The fraction of sp³-hybridized carbons (Fsp3) is 0.562. The summed E-state index contributed by atoms with van der Waals surface area (Å²) < 4.78 is 7.03. The lowest BCUT2D eigenvalue weighted by Crippen LogP contribution is -2.32. The summed E-state index contributed by atoms with van der Waals surface area (Å²) in [6.45, 7) is 5.77. The second kappa shape index (κ2) is 5.81. The van der Waals surface area contributed by atoms with Crippen molar-refractivity contribution in [1.82, 2.24) is 19.7 Å². The van der Waals surface area contributed by atoms with Crippen LogP contribution in [0.1, 0.15) is 51.0 Å². The first-order valence-electron chi connectivity index (χ1n) is 7.89. The highest BCUT2D eigenvalue weighted by atomic mass is 16.6. The fourth-order valence-corrected chi connectivity index (χ4v) is 2.38. The number of nitrogens with zero attached hydrogens (tertiary/aromatic N) is 3. The van der Waals surface area contributed by atoms with Gasteiger partial charge in [0.2, 0.25) is 5.78 Å². The Hall–Kier alpha value is -2.15. The van der Waals surface area contributed by atoms with Gasteiger partial charge in [-0.05, 0) is 45.6 Å². The second-order valence-corrected chi connectivity index (χ2v) is 7.01. The zero-order valence-corrected chi connectivity index (χ0v) is 13.7. The molecule has 2 aromatic heterocycles. The number of nitrogens with one attached hydrogen (secondary N) is 1. The summed E-state index contributed by atoms with van der Waals surface area (Å²) >= 11 is 0. The molecule has 1 atom stereocenters. The number of ether oxygens (including phenoxy) is 1. The summed E-state index contributed by atoms with van der Waals surface area (Å²) in [5, 5.41) is 2.69. The van der Waals surface area contributed by atoms with E-state index in [0.717, 1.165) is 11.4 Å². The molecular formula is C16H23N5O2. The van der Waals surface area contributed by atoms with Gasteiger partial charge in [0.05, 0.1) is 24.0 Å². The Bertz CT molecular complexity index is 715. The molecule has 7 nitrogen and oxygen atoms in total. The number of hydrogen-bond acceptors (Lipinski definition) is 5. The average Bonchev–Trinajstić information content (AvgIpc) is 3.21. The Morgan fingerprint density at radius 2 is 2.22 bits per heavy atom. The molecule has 0 bridgehead atoms. The third-order valence-corrected chi connectivity index (χ3v) is 3.68. The van der Waals surface area contributed by atoms with Gasteiger partial charge in [-0.25, -0.2) is 14.8 Å². The smallest absolute Gasteiger partial charge is 0.407 e. The van der Waals surface area contributed by atoms with Crippen LogP contribution in [0.2, 0.25) is 0 Å². The standard InChI is InChI=1S/C16H23N5O2/c1-16(2,3)23-15(22)18-8-11-9-21-7-6-12(20-14(21)19-11)13(17)10-4-5-10/h6-7,9-10,13H,4-5,8,17H2,1-3H3,(H,18,22). The van der Waals surface area contributed by atoms with Gasteiger partial charge in [0.15, 0.2) is 0 Å². The minimum Gasteiger partial charge on any atom is -0.444 e. The molecule has 0 aliphatic heterocycles. The lowest BCUT2D eigenvalue weighted by molar-refractivity contribution is 0.0523. The maximum atomic E-state index is 11.7. The number of rotatable bonds is 4. The number of alkyl carbamates (subject to hydrolysis) is 1. The van der Waals surface area contributed by atoms with Crippen molar-refractivity contribution in [3.05, 3.63) is 29.8 Å². The summed E-state index contributed by atoms with van der Waals surface area (Å²) in [7, 11) is 0. The number of hydrogen-bond donors (Lipinski definition) is 2. The van der Waals surface area contributed by atoms with Gasteiger partial charge < -0.3 is 15.8 Å². The molecule has 0 aromatic carbocycles. The zero-order chi connectivity index (χ0) is 16.6. The van der Waals surface area contributed by atoms with Gasteiger partial charge in [-0.2, -0.15) is 0 Å². The van der Waals surface area contributed by atoms with Crippen LogP contribution in [0.25, 0.3) is 5.78 Å². The molecule has 1 aliphatic rings. The van der Waals surface area contributed by atoms with Crippen molar-refractivity contribution in [2.24, 2.45) is 11.7 Å².